The van der Waals surface area contributed by atoms with E-state index in [1.54, 1.807) is 24.3 Å². The van der Waals surface area contributed by atoms with Gasteiger partial charge in [-0.1, -0.05) is 54.1 Å². The smallest absolute Gasteiger partial charge is 0.214 e. The summed E-state index contributed by atoms with van der Waals surface area (Å²) in [6, 6.07) is 15.1. The van der Waals surface area contributed by atoms with E-state index in [0.29, 0.717) is 29.2 Å². The summed E-state index contributed by atoms with van der Waals surface area (Å²) in [7, 11) is 0. The van der Waals surface area contributed by atoms with E-state index in [1.807, 2.05) is 42.7 Å². The van der Waals surface area contributed by atoms with Gasteiger partial charge in [0.1, 0.15) is 17.2 Å². The van der Waals surface area contributed by atoms with Gasteiger partial charge in [-0.2, -0.15) is 0 Å². The van der Waals surface area contributed by atoms with E-state index < -0.39 is 0 Å². The van der Waals surface area contributed by atoms with E-state index in [9.17, 15) is 9.59 Å². The zero-order valence-electron chi connectivity index (χ0n) is 13.5. The predicted octanol–water partition coefficient (Wildman–Crippen LogP) is 3.32. The van der Waals surface area contributed by atoms with E-state index in [4.69, 9.17) is 0 Å². The summed E-state index contributed by atoms with van der Waals surface area (Å²) in [6.07, 6.45) is 0. The molecule has 0 fully saturated rings. The summed E-state index contributed by atoms with van der Waals surface area (Å²) in [5.74, 6) is 0.369. The van der Waals surface area contributed by atoms with Crippen molar-refractivity contribution in [2.45, 2.75) is 20.4 Å². The standard InChI is InChI=1S/C20H16N2O2/c1-12-7-9-14(10-8-12)11-22-13(2)21-17-18(22)20(24)16-6-4-3-5-15(16)19(17)23/h3-10H,11H2,1-2H3. The minimum Gasteiger partial charge on any atom is -0.320 e. The second-order valence-corrected chi connectivity index (χ2v) is 6.13. The van der Waals surface area contributed by atoms with Gasteiger partial charge >= 0.3 is 0 Å². The average molecular weight is 316 g/mol. The minimum atomic E-state index is -0.175. The third-order valence-corrected chi connectivity index (χ3v) is 4.47. The molecule has 3 aromatic rings. The Labute approximate surface area is 139 Å². The molecule has 0 saturated carbocycles. The van der Waals surface area contributed by atoms with Gasteiger partial charge in [0.25, 0.3) is 0 Å². The molecular formula is C20H16N2O2. The van der Waals surface area contributed by atoms with Crippen LogP contribution < -0.4 is 0 Å². The van der Waals surface area contributed by atoms with Crippen molar-refractivity contribution in [2.75, 3.05) is 0 Å². The fraction of sp³-hybridized carbons (Fsp3) is 0.150. The molecule has 0 amide bonds. The minimum absolute atomic E-state index is 0.132. The van der Waals surface area contributed by atoms with E-state index in [2.05, 4.69) is 4.98 Å². The number of benzene rings is 2. The Morgan fingerprint density at radius 1 is 0.875 bits per heavy atom. The van der Waals surface area contributed by atoms with Crippen LogP contribution in [0.5, 0.6) is 0 Å². The molecule has 1 aliphatic rings. The van der Waals surface area contributed by atoms with Gasteiger partial charge in [-0.25, -0.2) is 4.98 Å². The molecule has 4 rings (SSSR count). The summed E-state index contributed by atoms with van der Waals surface area (Å²) in [5, 5.41) is 0. The van der Waals surface area contributed by atoms with Gasteiger partial charge in [0.05, 0.1) is 0 Å². The third-order valence-electron chi connectivity index (χ3n) is 4.47. The number of nitrogens with zero attached hydrogens (tertiary/aromatic N) is 2. The Balaban J connectivity index is 1.84. The third kappa shape index (κ3) is 2.11. The number of aryl methyl sites for hydroxylation is 2. The normalized spacial score (nSPS) is 12.9. The first kappa shape index (κ1) is 14.6. The Hall–Kier alpha value is -3.01. The molecular weight excluding hydrogens is 300 g/mol. The van der Waals surface area contributed by atoms with Crippen LogP contribution in [0.1, 0.15) is 49.1 Å². The predicted molar refractivity (Wildman–Crippen MR) is 90.6 cm³/mol. The fourth-order valence-corrected chi connectivity index (χ4v) is 3.16. The molecule has 2 aromatic carbocycles. The molecule has 0 bridgehead atoms. The quantitative estimate of drug-likeness (QED) is 0.570. The maximum atomic E-state index is 12.9. The average Bonchev–Trinajstić information content (AvgIpc) is 2.92. The summed E-state index contributed by atoms with van der Waals surface area (Å²) in [6.45, 7) is 4.39. The van der Waals surface area contributed by atoms with Crippen LogP contribution in [0.3, 0.4) is 0 Å². The van der Waals surface area contributed by atoms with Gasteiger partial charge in [0, 0.05) is 17.7 Å². The van der Waals surface area contributed by atoms with Gasteiger partial charge in [-0.15, -0.1) is 0 Å². The molecule has 118 valence electrons. The first-order chi connectivity index (χ1) is 11.6. The molecule has 0 atom stereocenters. The van der Waals surface area contributed by atoms with Crippen molar-refractivity contribution >= 4 is 11.6 Å². The Bertz CT molecular complexity index is 981. The number of carbonyl (C=O) groups is 2. The van der Waals surface area contributed by atoms with Gasteiger partial charge in [-0.3, -0.25) is 9.59 Å². The molecule has 1 aromatic heterocycles. The van der Waals surface area contributed by atoms with Gasteiger partial charge < -0.3 is 4.57 Å². The van der Waals surface area contributed by atoms with E-state index in [-0.39, 0.29) is 17.3 Å². The maximum absolute atomic E-state index is 12.9. The molecule has 24 heavy (non-hydrogen) atoms. The molecule has 0 saturated heterocycles. The van der Waals surface area contributed by atoms with Crippen LogP contribution >= 0.6 is 0 Å². The molecule has 4 heteroatoms. The highest BCUT2D eigenvalue weighted by Crippen LogP contribution is 2.28. The van der Waals surface area contributed by atoms with Crippen molar-refractivity contribution in [3.8, 4) is 0 Å². The lowest BCUT2D eigenvalue weighted by atomic mass is 9.90. The van der Waals surface area contributed by atoms with Crippen molar-refractivity contribution in [1.29, 1.82) is 0 Å². The van der Waals surface area contributed by atoms with Gasteiger partial charge in [0.2, 0.25) is 11.6 Å². The van der Waals surface area contributed by atoms with Crippen molar-refractivity contribution in [1.82, 2.24) is 9.55 Å². The van der Waals surface area contributed by atoms with E-state index in [0.717, 1.165) is 5.56 Å². The molecule has 0 unspecified atom stereocenters. The second kappa shape index (κ2) is 5.27. The number of ketones is 2. The highest BCUT2D eigenvalue weighted by Gasteiger charge is 2.34. The molecule has 0 spiro atoms. The number of hydrogen-bond acceptors (Lipinski definition) is 3. The largest absolute Gasteiger partial charge is 0.320 e. The number of aromatic nitrogens is 2. The number of hydrogen-bond donors (Lipinski definition) is 0. The number of imidazole rings is 1. The Morgan fingerprint density at radius 2 is 1.50 bits per heavy atom. The lowest BCUT2D eigenvalue weighted by Crippen LogP contribution is -2.23. The summed E-state index contributed by atoms with van der Waals surface area (Å²) < 4.78 is 1.84. The van der Waals surface area contributed by atoms with Crippen LogP contribution in [-0.4, -0.2) is 21.1 Å². The van der Waals surface area contributed by atoms with E-state index >= 15 is 0 Å². The first-order valence-electron chi connectivity index (χ1n) is 7.87. The number of carbonyl (C=O) groups excluding carboxylic acids is 2. The summed E-state index contributed by atoms with van der Waals surface area (Å²) >= 11 is 0. The fourth-order valence-electron chi connectivity index (χ4n) is 3.16. The number of rotatable bonds is 2. The lowest BCUT2D eigenvalue weighted by molar-refractivity contribution is 0.0971. The van der Waals surface area contributed by atoms with Crippen LogP contribution in [0, 0.1) is 13.8 Å². The van der Waals surface area contributed by atoms with Crippen LogP contribution in [0.4, 0.5) is 0 Å². The summed E-state index contributed by atoms with van der Waals surface area (Å²) in [4.78, 5) is 30.0. The van der Waals surface area contributed by atoms with Crippen molar-refractivity contribution in [3.63, 3.8) is 0 Å². The van der Waals surface area contributed by atoms with Gasteiger partial charge in [0.15, 0.2) is 0 Å². The zero-order chi connectivity index (χ0) is 16.8. The lowest BCUT2D eigenvalue weighted by Gasteiger charge is -2.16. The molecule has 1 heterocycles. The highest BCUT2D eigenvalue weighted by atomic mass is 16.1. The Morgan fingerprint density at radius 3 is 2.17 bits per heavy atom. The summed E-state index contributed by atoms with van der Waals surface area (Å²) in [5.41, 5.74) is 3.82. The van der Waals surface area contributed by atoms with Crippen molar-refractivity contribution in [3.05, 3.63) is 88.0 Å². The number of fused-ring (bicyclic) bond motifs is 2. The van der Waals surface area contributed by atoms with Crippen molar-refractivity contribution in [2.24, 2.45) is 0 Å². The monoisotopic (exact) mass is 316 g/mol. The van der Waals surface area contributed by atoms with E-state index in [1.165, 1.54) is 5.56 Å². The van der Waals surface area contributed by atoms with Crippen molar-refractivity contribution < 1.29 is 9.59 Å². The molecule has 0 aliphatic heterocycles. The van der Waals surface area contributed by atoms with Crippen LogP contribution in [0.15, 0.2) is 48.5 Å². The zero-order valence-corrected chi connectivity index (χ0v) is 13.5. The molecule has 4 nitrogen and oxygen atoms in total. The second-order valence-electron chi connectivity index (χ2n) is 6.13. The first-order valence-corrected chi connectivity index (χ1v) is 7.87. The van der Waals surface area contributed by atoms with Crippen LogP contribution in [-0.2, 0) is 6.54 Å². The van der Waals surface area contributed by atoms with Crippen LogP contribution in [0.25, 0.3) is 0 Å². The Kier molecular flexibility index (Phi) is 3.20. The molecule has 1 aliphatic carbocycles. The van der Waals surface area contributed by atoms with Crippen LogP contribution in [0.2, 0.25) is 0 Å². The highest BCUT2D eigenvalue weighted by molar-refractivity contribution is 6.27. The molecule has 0 radical (unpaired) electrons. The maximum Gasteiger partial charge on any atom is 0.214 e. The van der Waals surface area contributed by atoms with Gasteiger partial charge in [-0.05, 0) is 19.4 Å². The SMILES string of the molecule is Cc1ccc(Cn2c(C)nc3c2C(=O)c2ccccc2C3=O)cc1. The molecule has 0 N–H and O–H groups in total. The topological polar surface area (TPSA) is 52.0 Å².